The average molecular weight is 283 g/mol. The molecule has 1 rings (SSSR count). The highest BCUT2D eigenvalue weighted by Gasteiger charge is 2.31. The van der Waals surface area contributed by atoms with E-state index in [0.29, 0.717) is 11.5 Å². The van der Waals surface area contributed by atoms with Crippen LogP contribution in [0.5, 0.6) is 0 Å². The number of rotatable bonds is 5. The number of hydrogen-bond acceptors (Lipinski definition) is 1. The van der Waals surface area contributed by atoms with Crippen molar-refractivity contribution < 1.29 is 4.74 Å². The van der Waals surface area contributed by atoms with Gasteiger partial charge in [0.1, 0.15) is 0 Å². The highest BCUT2D eigenvalue weighted by atomic mass is 16.5. The Hall–Kier alpha value is -0.0400. The van der Waals surface area contributed by atoms with Gasteiger partial charge in [-0.25, -0.2) is 0 Å². The smallest absolute Gasteiger partial charge is 0.0623 e. The van der Waals surface area contributed by atoms with Crippen LogP contribution in [0.15, 0.2) is 0 Å². The predicted octanol–water partition coefficient (Wildman–Crippen LogP) is 6.07. The van der Waals surface area contributed by atoms with Gasteiger partial charge >= 0.3 is 0 Å². The van der Waals surface area contributed by atoms with Crippen molar-refractivity contribution in [1.29, 1.82) is 0 Å². The van der Waals surface area contributed by atoms with Crippen LogP contribution >= 0.6 is 0 Å². The van der Waals surface area contributed by atoms with E-state index in [4.69, 9.17) is 4.74 Å². The minimum absolute atomic E-state index is 0.276. The van der Waals surface area contributed by atoms with Crippen LogP contribution in [0, 0.1) is 22.7 Å². The summed E-state index contributed by atoms with van der Waals surface area (Å²) in [6.07, 6.45) is 8.36. The molecule has 1 saturated carbocycles. The average Bonchev–Trinajstić information content (AvgIpc) is 2.32. The van der Waals surface area contributed by atoms with Gasteiger partial charge in [-0.15, -0.1) is 0 Å². The van der Waals surface area contributed by atoms with E-state index in [1.807, 2.05) is 0 Å². The zero-order valence-electron chi connectivity index (χ0n) is 15.1. The van der Waals surface area contributed by atoms with E-state index in [9.17, 15) is 0 Å². The quantitative estimate of drug-likeness (QED) is 0.594. The van der Waals surface area contributed by atoms with E-state index in [1.54, 1.807) is 0 Å². The molecule has 0 saturated heterocycles. The highest BCUT2D eigenvalue weighted by Crippen LogP contribution is 2.40. The lowest BCUT2D eigenvalue weighted by atomic mass is 9.70. The van der Waals surface area contributed by atoms with Gasteiger partial charge < -0.3 is 4.74 Å². The summed E-state index contributed by atoms with van der Waals surface area (Å²) < 4.78 is 6.31. The minimum Gasteiger partial charge on any atom is -0.377 e. The molecule has 1 aliphatic carbocycles. The molecule has 1 unspecified atom stereocenters. The Morgan fingerprint density at radius 3 is 1.90 bits per heavy atom. The fourth-order valence-electron chi connectivity index (χ4n) is 3.48. The molecule has 0 aromatic heterocycles. The predicted molar refractivity (Wildman–Crippen MR) is 89.0 cm³/mol. The van der Waals surface area contributed by atoms with Crippen molar-refractivity contribution in [1.82, 2.24) is 0 Å². The Kier molecular flexibility index (Phi) is 6.57. The SMILES string of the molecule is CCCC(OCC1CCC(C(C)(C)C)CC1)C(C)(C)C. The molecule has 0 aromatic rings. The molecule has 0 aliphatic heterocycles. The zero-order chi connectivity index (χ0) is 15.4. The first-order valence-corrected chi connectivity index (χ1v) is 8.76. The number of ether oxygens (including phenoxy) is 1. The zero-order valence-corrected chi connectivity index (χ0v) is 15.1. The van der Waals surface area contributed by atoms with Crippen molar-refractivity contribution in [2.45, 2.75) is 93.1 Å². The van der Waals surface area contributed by atoms with Crippen LogP contribution < -0.4 is 0 Å². The van der Waals surface area contributed by atoms with Crippen LogP contribution in [0.25, 0.3) is 0 Å². The molecule has 0 spiro atoms. The van der Waals surface area contributed by atoms with Crippen molar-refractivity contribution >= 4 is 0 Å². The van der Waals surface area contributed by atoms with E-state index in [-0.39, 0.29) is 5.41 Å². The summed E-state index contributed by atoms with van der Waals surface area (Å²) in [5.41, 5.74) is 0.764. The van der Waals surface area contributed by atoms with Crippen LogP contribution in [0.4, 0.5) is 0 Å². The van der Waals surface area contributed by atoms with Gasteiger partial charge in [-0.1, -0.05) is 54.9 Å². The van der Waals surface area contributed by atoms with Crippen molar-refractivity contribution in [3.63, 3.8) is 0 Å². The second kappa shape index (κ2) is 7.29. The Balaban J connectivity index is 2.36. The van der Waals surface area contributed by atoms with Gasteiger partial charge in [0.25, 0.3) is 0 Å². The van der Waals surface area contributed by atoms with Gasteiger partial charge in [0.15, 0.2) is 0 Å². The van der Waals surface area contributed by atoms with Crippen molar-refractivity contribution in [2.75, 3.05) is 6.61 Å². The normalized spacial score (nSPS) is 26.6. The van der Waals surface area contributed by atoms with Crippen LogP contribution in [0.3, 0.4) is 0 Å². The third kappa shape index (κ3) is 5.76. The Bertz CT molecular complexity index is 260. The molecule has 0 N–H and O–H groups in total. The summed E-state index contributed by atoms with van der Waals surface area (Å²) in [6.45, 7) is 17.4. The monoisotopic (exact) mass is 282 g/mol. The first-order valence-electron chi connectivity index (χ1n) is 8.76. The topological polar surface area (TPSA) is 9.23 Å². The van der Waals surface area contributed by atoms with Gasteiger partial charge in [-0.2, -0.15) is 0 Å². The molecule has 0 aromatic carbocycles. The Morgan fingerprint density at radius 2 is 1.50 bits per heavy atom. The number of hydrogen-bond donors (Lipinski definition) is 0. The maximum absolute atomic E-state index is 6.31. The summed E-state index contributed by atoms with van der Waals surface area (Å²) >= 11 is 0. The van der Waals surface area contributed by atoms with E-state index >= 15 is 0 Å². The maximum atomic E-state index is 6.31. The van der Waals surface area contributed by atoms with E-state index in [0.717, 1.165) is 18.4 Å². The van der Waals surface area contributed by atoms with Crippen molar-refractivity contribution in [3.8, 4) is 0 Å². The molecule has 0 heterocycles. The molecular weight excluding hydrogens is 244 g/mol. The van der Waals surface area contributed by atoms with Gasteiger partial charge in [-0.05, 0) is 54.8 Å². The lowest BCUT2D eigenvalue weighted by Gasteiger charge is -2.38. The van der Waals surface area contributed by atoms with Gasteiger partial charge in [0.2, 0.25) is 0 Å². The van der Waals surface area contributed by atoms with Crippen LogP contribution in [0.2, 0.25) is 0 Å². The maximum Gasteiger partial charge on any atom is 0.0623 e. The fraction of sp³-hybridized carbons (Fsp3) is 1.00. The first kappa shape index (κ1) is 18.0. The van der Waals surface area contributed by atoms with Crippen LogP contribution in [-0.4, -0.2) is 12.7 Å². The Labute approximate surface area is 127 Å². The standard InChI is InChI=1S/C19H38O/c1-8-9-17(19(5,6)7)20-14-15-10-12-16(13-11-15)18(2,3)4/h15-17H,8-14H2,1-7H3. The van der Waals surface area contributed by atoms with E-state index in [1.165, 1.54) is 38.5 Å². The van der Waals surface area contributed by atoms with Gasteiger partial charge in [0, 0.05) is 6.61 Å². The third-order valence-electron chi connectivity index (χ3n) is 5.12. The summed E-state index contributed by atoms with van der Waals surface area (Å²) in [7, 11) is 0. The first-order chi connectivity index (χ1) is 9.14. The van der Waals surface area contributed by atoms with E-state index in [2.05, 4.69) is 48.5 Å². The molecular formula is C19H38O. The second-order valence-electron chi connectivity index (χ2n) is 9.06. The van der Waals surface area contributed by atoms with Gasteiger partial charge in [-0.3, -0.25) is 0 Å². The molecule has 1 heteroatoms. The van der Waals surface area contributed by atoms with Crippen molar-refractivity contribution in [3.05, 3.63) is 0 Å². The molecule has 1 atom stereocenters. The summed E-state index contributed by atoms with van der Waals surface area (Å²) in [4.78, 5) is 0. The molecule has 0 amide bonds. The molecule has 1 nitrogen and oxygen atoms in total. The molecule has 20 heavy (non-hydrogen) atoms. The van der Waals surface area contributed by atoms with E-state index < -0.39 is 0 Å². The summed E-state index contributed by atoms with van der Waals surface area (Å²) in [6, 6.07) is 0. The molecule has 0 radical (unpaired) electrons. The van der Waals surface area contributed by atoms with Gasteiger partial charge in [0.05, 0.1) is 6.10 Å². The van der Waals surface area contributed by atoms with Crippen LogP contribution in [-0.2, 0) is 4.74 Å². The molecule has 0 bridgehead atoms. The molecule has 1 fully saturated rings. The van der Waals surface area contributed by atoms with Crippen molar-refractivity contribution in [2.24, 2.45) is 22.7 Å². The summed E-state index contributed by atoms with van der Waals surface area (Å²) in [5, 5.41) is 0. The fourth-order valence-corrected chi connectivity index (χ4v) is 3.48. The lowest BCUT2D eigenvalue weighted by Crippen LogP contribution is -2.33. The third-order valence-corrected chi connectivity index (χ3v) is 5.12. The largest absolute Gasteiger partial charge is 0.377 e. The molecule has 120 valence electrons. The molecule has 1 aliphatic rings. The van der Waals surface area contributed by atoms with Crippen LogP contribution in [0.1, 0.15) is 87.0 Å². The highest BCUT2D eigenvalue weighted by molar-refractivity contribution is 4.81. The Morgan fingerprint density at radius 1 is 0.950 bits per heavy atom. The second-order valence-corrected chi connectivity index (χ2v) is 9.06. The minimum atomic E-state index is 0.276. The lowest BCUT2D eigenvalue weighted by molar-refractivity contribution is -0.0469. The summed E-state index contributed by atoms with van der Waals surface area (Å²) in [5.74, 6) is 1.71.